The van der Waals surface area contributed by atoms with Gasteiger partial charge in [-0.15, -0.1) is 0 Å². The van der Waals surface area contributed by atoms with Gasteiger partial charge in [0.25, 0.3) is 0 Å². The van der Waals surface area contributed by atoms with Crippen molar-refractivity contribution in [1.82, 2.24) is 11.1 Å². The van der Waals surface area contributed by atoms with E-state index >= 15 is 0 Å². The van der Waals surface area contributed by atoms with Gasteiger partial charge in [0.05, 0.1) is 0 Å². The van der Waals surface area contributed by atoms with Gasteiger partial charge in [-0.25, -0.2) is 0 Å². The molecule has 0 heterocycles. The molecule has 2 N–H and O–H groups in total. The molecule has 0 unspecified atom stereocenters. The van der Waals surface area contributed by atoms with Crippen molar-refractivity contribution in [2.24, 2.45) is 0 Å². The summed E-state index contributed by atoms with van der Waals surface area (Å²) < 4.78 is 0. The van der Waals surface area contributed by atoms with Gasteiger partial charge in [0, 0.05) is 19.5 Å². The molecule has 0 saturated carbocycles. The third-order valence-electron chi connectivity index (χ3n) is 0.997. The second-order valence-corrected chi connectivity index (χ2v) is 1.81. The van der Waals surface area contributed by atoms with Gasteiger partial charge in [-0.1, -0.05) is 6.92 Å². The highest BCUT2D eigenvalue weighted by Crippen LogP contribution is 1.75. The zero-order chi connectivity index (χ0) is 7.11. The molecule has 0 aliphatic carbocycles. The standard InChI is InChI=1S/C6H13N2O/c1-2-6(9)8-5-3-4-7/h7H,2-5H2,1H3,(H,8,9). The van der Waals surface area contributed by atoms with E-state index < -0.39 is 0 Å². The SMILES string of the molecule is CCC(=O)NCCC[NH]. The largest absolute Gasteiger partial charge is 0.356 e. The molecular formula is C6H13N2O. The highest BCUT2D eigenvalue weighted by molar-refractivity contribution is 5.75. The number of carbonyl (C=O) groups excluding carboxylic acids is 1. The van der Waals surface area contributed by atoms with Crippen molar-refractivity contribution in [3.05, 3.63) is 0 Å². The first-order chi connectivity index (χ1) is 4.31. The molecule has 0 aromatic rings. The molecular weight excluding hydrogens is 116 g/mol. The van der Waals surface area contributed by atoms with Gasteiger partial charge in [-0.05, 0) is 6.42 Å². The highest BCUT2D eigenvalue weighted by Gasteiger charge is 1.92. The van der Waals surface area contributed by atoms with Crippen LogP contribution in [0.1, 0.15) is 19.8 Å². The van der Waals surface area contributed by atoms with Crippen molar-refractivity contribution in [2.75, 3.05) is 13.1 Å². The zero-order valence-corrected chi connectivity index (χ0v) is 5.74. The molecule has 0 aromatic heterocycles. The normalized spacial score (nSPS) is 9.11. The molecule has 53 valence electrons. The first-order valence-electron chi connectivity index (χ1n) is 3.22. The summed E-state index contributed by atoms with van der Waals surface area (Å²) in [5.41, 5.74) is 6.75. The Morgan fingerprint density at radius 3 is 2.78 bits per heavy atom. The summed E-state index contributed by atoms with van der Waals surface area (Å²) in [6, 6.07) is 0. The molecule has 0 saturated heterocycles. The second kappa shape index (κ2) is 5.56. The van der Waals surface area contributed by atoms with E-state index in [4.69, 9.17) is 5.73 Å². The fourth-order valence-corrected chi connectivity index (χ4v) is 0.441. The van der Waals surface area contributed by atoms with Crippen molar-refractivity contribution >= 4 is 5.91 Å². The lowest BCUT2D eigenvalue weighted by Gasteiger charge is -1.99. The number of nitrogens with one attached hydrogen (secondary N) is 2. The van der Waals surface area contributed by atoms with E-state index in [0.29, 0.717) is 19.5 Å². The van der Waals surface area contributed by atoms with Crippen molar-refractivity contribution < 1.29 is 4.79 Å². The highest BCUT2D eigenvalue weighted by atomic mass is 16.1. The molecule has 1 radical (unpaired) electrons. The Morgan fingerprint density at radius 2 is 2.33 bits per heavy atom. The van der Waals surface area contributed by atoms with Crippen LogP contribution in [0.15, 0.2) is 0 Å². The van der Waals surface area contributed by atoms with Crippen LogP contribution >= 0.6 is 0 Å². The van der Waals surface area contributed by atoms with Crippen LogP contribution in [0.4, 0.5) is 0 Å². The molecule has 0 rings (SSSR count). The minimum atomic E-state index is 0.0726. The van der Waals surface area contributed by atoms with Gasteiger partial charge in [-0.3, -0.25) is 10.5 Å². The number of hydrogen-bond donors (Lipinski definition) is 1. The Hall–Kier alpha value is -0.570. The molecule has 3 nitrogen and oxygen atoms in total. The van der Waals surface area contributed by atoms with Crippen LogP contribution in [0.5, 0.6) is 0 Å². The van der Waals surface area contributed by atoms with Crippen LogP contribution in [0.3, 0.4) is 0 Å². The topological polar surface area (TPSA) is 52.9 Å². The molecule has 0 aromatic carbocycles. The van der Waals surface area contributed by atoms with Gasteiger partial charge < -0.3 is 5.32 Å². The Labute approximate surface area is 55.6 Å². The minimum Gasteiger partial charge on any atom is -0.356 e. The van der Waals surface area contributed by atoms with Gasteiger partial charge >= 0.3 is 0 Å². The summed E-state index contributed by atoms with van der Waals surface area (Å²) in [5, 5.41) is 2.67. The molecule has 0 spiro atoms. The van der Waals surface area contributed by atoms with Crippen molar-refractivity contribution in [2.45, 2.75) is 19.8 Å². The summed E-state index contributed by atoms with van der Waals surface area (Å²) in [4.78, 5) is 10.5. The van der Waals surface area contributed by atoms with E-state index in [-0.39, 0.29) is 5.91 Å². The maximum absolute atomic E-state index is 10.5. The molecule has 3 heteroatoms. The quantitative estimate of drug-likeness (QED) is 0.541. The van der Waals surface area contributed by atoms with Crippen LogP contribution in [-0.4, -0.2) is 19.0 Å². The smallest absolute Gasteiger partial charge is 0.219 e. The maximum atomic E-state index is 10.5. The fourth-order valence-electron chi connectivity index (χ4n) is 0.441. The summed E-state index contributed by atoms with van der Waals surface area (Å²) in [5.74, 6) is 0.0726. The van der Waals surface area contributed by atoms with E-state index in [1.165, 1.54) is 0 Å². The number of rotatable bonds is 4. The fraction of sp³-hybridized carbons (Fsp3) is 0.833. The van der Waals surface area contributed by atoms with Crippen LogP contribution in [0.25, 0.3) is 0 Å². The zero-order valence-electron chi connectivity index (χ0n) is 5.74. The van der Waals surface area contributed by atoms with Gasteiger partial charge in [-0.2, -0.15) is 0 Å². The lowest BCUT2D eigenvalue weighted by Crippen LogP contribution is -2.23. The molecule has 9 heavy (non-hydrogen) atoms. The summed E-state index contributed by atoms with van der Waals surface area (Å²) >= 11 is 0. The summed E-state index contributed by atoms with van der Waals surface area (Å²) in [6.45, 7) is 2.86. The Balaban J connectivity index is 2.97. The average Bonchev–Trinajstić information content (AvgIpc) is 1.89. The molecule has 0 bridgehead atoms. The Morgan fingerprint density at radius 1 is 1.67 bits per heavy atom. The first kappa shape index (κ1) is 8.43. The lowest BCUT2D eigenvalue weighted by atomic mass is 10.4. The number of hydrogen-bond acceptors (Lipinski definition) is 1. The van der Waals surface area contributed by atoms with Crippen LogP contribution in [0, 0.1) is 0 Å². The van der Waals surface area contributed by atoms with E-state index in [2.05, 4.69) is 5.32 Å². The minimum absolute atomic E-state index is 0.0726. The predicted molar refractivity (Wildman–Crippen MR) is 35.9 cm³/mol. The van der Waals surface area contributed by atoms with Crippen LogP contribution in [-0.2, 0) is 4.79 Å². The molecule has 0 aliphatic rings. The Bertz CT molecular complexity index is 83.1. The van der Waals surface area contributed by atoms with Crippen molar-refractivity contribution in [3.63, 3.8) is 0 Å². The molecule has 1 amide bonds. The maximum Gasteiger partial charge on any atom is 0.219 e. The average molecular weight is 129 g/mol. The molecule has 0 aliphatic heterocycles. The van der Waals surface area contributed by atoms with Crippen LogP contribution in [0.2, 0.25) is 0 Å². The van der Waals surface area contributed by atoms with E-state index in [0.717, 1.165) is 6.42 Å². The summed E-state index contributed by atoms with van der Waals surface area (Å²) in [7, 11) is 0. The van der Waals surface area contributed by atoms with Crippen molar-refractivity contribution in [1.29, 1.82) is 0 Å². The van der Waals surface area contributed by atoms with Gasteiger partial charge in [0.2, 0.25) is 5.91 Å². The van der Waals surface area contributed by atoms with Gasteiger partial charge in [0.15, 0.2) is 0 Å². The van der Waals surface area contributed by atoms with Gasteiger partial charge in [0.1, 0.15) is 0 Å². The van der Waals surface area contributed by atoms with E-state index in [1.807, 2.05) is 6.92 Å². The van der Waals surface area contributed by atoms with Crippen LogP contribution < -0.4 is 11.1 Å². The predicted octanol–water partition coefficient (Wildman–Crippen LogP) is 0.186. The Kier molecular flexibility index (Phi) is 5.21. The second-order valence-electron chi connectivity index (χ2n) is 1.81. The molecule has 0 fully saturated rings. The lowest BCUT2D eigenvalue weighted by molar-refractivity contribution is -0.120. The summed E-state index contributed by atoms with van der Waals surface area (Å²) in [6.07, 6.45) is 1.30. The number of amides is 1. The van der Waals surface area contributed by atoms with Crippen molar-refractivity contribution in [3.8, 4) is 0 Å². The molecule has 0 atom stereocenters. The van der Waals surface area contributed by atoms with E-state index in [9.17, 15) is 4.79 Å². The monoisotopic (exact) mass is 129 g/mol. The third kappa shape index (κ3) is 5.30. The van der Waals surface area contributed by atoms with E-state index in [1.54, 1.807) is 0 Å². The number of carbonyl (C=O) groups is 1. The third-order valence-corrected chi connectivity index (χ3v) is 0.997. The first-order valence-corrected chi connectivity index (χ1v) is 3.22.